The van der Waals surface area contributed by atoms with Gasteiger partial charge in [-0.1, -0.05) is 6.07 Å². The molecule has 1 heterocycles. The van der Waals surface area contributed by atoms with Crippen LogP contribution in [0.3, 0.4) is 0 Å². The Bertz CT molecular complexity index is 513. The number of benzene rings is 1. The molecule has 0 spiro atoms. The molecule has 1 amide bonds. The van der Waals surface area contributed by atoms with E-state index in [0.717, 1.165) is 0 Å². The van der Waals surface area contributed by atoms with Gasteiger partial charge in [-0.15, -0.1) is 0 Å². The maximum absolute atomic E-state index is 11.3. The number of carbonyl (C=O) groups is 1. The van der Waals surface area contributed by atoms with Gasteiger partial charge in [-0.2, -0.15) is 5.26 Å². The minimum atomic E-state index is -0.391. The molecule has 6 heteroatoms. The lowest BCUT2D eigenvalue weighted by Gasteiger charge is -2.33. The fourth-order valence-corrected chi connectivity index (χ4v) is 2.10. The fourth-order valence-electron chi connectivity index (χ4n) is 2.10. The molecule has 1 aromatic rings. The molecule has 1 aliphatic rings. The van der Waals surface area contributed by atoms with Crippen molar-refractivity contribution in [1.82, 2.24) is 4.90 Å². The summed E-state index contributed by atoms with van der Waals surface area (Å²) in [7, 11) is 0. The smallest absolute Gasteiger partial charge is 0.237 e. The van der Waals surface area contributed by atoms with Crippen molar-refractivity contribution >= 4 is 5.91 Å². The normalized spacial score (nSPS) is 19.2. The predicted molar refractivity (Wildman–Crippen MR) is 72.0 cm³/mol. The highest BCUT2D eigenvalue weighted by molar-refractivity contribution is 5.80. The van der Waals surface area contributed by atoms with Crippen LogP contribution >= 0.6 is 0 Å². The molecule has 20 heavy (non-hydrogen) atoms. The van der Waals surface area contributed by atoms with Crippen LogP contribution in [0, 0.1) is 11.3 Å². The molecule has 1 aromatic carbocycles. The second kappa shape index (κ2) is 6.89. The molecular formula is C14H17N3O3. The molecule has 1 unspecified atom stereocenters. The van der Waals surface area contributed by atoms with Gasteiger partial charge in [0.1, 0.15) is 18.4 Å². The van der Waals surface area contributed by atoms with Crippen molar-refractivity contribution in [3.05, 3.63) is 29.8 Å². The Morgan fingerprint density at radius 1 is 1.60 bits per heavy atom. The zero-order valence-electron chi connectivity index (χ0n) is 11.1. The van der Waals surface area contributed by atoms with E-state index in [1.807, 2.05) is 4.90 Å². The topological polar surface area (TPSA) is 88.6 Å². The zero-order valence-corrected chi connectivity index (χ0v) is 11.1. The molecule has 6 nitrogen and oxygen atoms in total. The largest absolute Gasteiger partial charge is 0.492 e. The van der Waals surface area contributed by atoms with Crippen LogP contribution in [0.1, 0.15) is 5.56 Å². The summed E-state index contributed by atoms with van der Waals surface area (Å²) in [5.41, 5.74) is 5.90. The molecular weight excluding hydrogens is 258 g/mol. The van der Waals surface area contributed by atoms with Gasteiger partial charge in [0.2, 0.25) is 5.91 Å². The van der Waals surface area contributed by atoms with E-state index >= 15 is 0 Å². The summed E-state index contributed by atoms with van der Waals surface area (Å²) >= 11 is 0. The zero-order chi connectivity index (χ0) is 14.4. The molecule has 2 N–H and O–H groups in total. The number of ether oxygens (including phenoxy) is 2. The third kappa shape index (κ3) is 3.70. The first-order valence-corrected chi connectivity index (χ1v) is 6.45. The first-order valence-electron chi connectivity index (χ1n) is 6.45. The maximum Gasteiger partial charge on any atom is 0.237 e. The Hall–Kier alpha value is -2.10. The molecule has 0 aliphatic carbocycles. The molecule has 2 rings (SSSR count). The number of hydrogen-bond donors (Lipinski definition) is 1. The fraction of sp³-hybridized carbons (Fsp3) is 0.429. The van der Waals surface area contributed by atoms with Gasteiger partial charge in [0.25, 0.3) is 0 Å². The van der Waals surface area contributed by atoms with Crippen molar-refractivity contribution in [2.75, 3.05) is 32.9 Å². The van der Waals surface area contributed by atoms with Crippen molar-refractivity contribution in [1.29, 1.82) is 5.26 Å². The minimum absolute atomic E-state index is 0.333. The SMILES string of the molecule is N#Cc1cccc(OCCN2CCOCC2C(N)=O)c1. The van der Waals surface area contributed by atoms with Crippen molar-refractivity contribution in [2.24, 2.45) is 5.73 Å². The number of amides is 1. The number of nitriles is 1. The molecule has 0 bridgehead atoms. The van der Waals surface area contributed by atoms with Crippen LogP contribution in [-0.2, 0) is 9.53 Å². The second-order valence-corrected chi connectivity index (χ2v) is 4.52. The highest BCUT2D eigenvalue weighted by Crippen LogP contribution is 2.13. The van der Waals surface area contributed by atoms with Crippen molar-refractivity contribution in [3.8, 4) is 11.8 Å². The first-order chi connectivity index (χ1) is 9.70. The van der Waals surface area contributed by atoms with Gasteiger partial charge >= 0.3 is 0 Å². The van der Waals surface area contributed by atoms with Gasteiger partial charge in [-0.05, 0) is 18.2 Å². The van der Waals surface area contributed by atoms with Gasteiger partial charge < -0.3 is 15.2 Å². The van der Waals surface area contributed by atoms with Crippen LogP contribution in [0.2, 0.25) is 0 Å². The number of rotatable bonds is 5. The Morgan fingerprint density at radius 3 is 3.20 bits per heavy atom. The van der Waals surface area contributed by atoms with E-state index in [2.05, 4.69) is 6.07 Å². The number of nitrogens with zero attached hydrogens (tertiary/aromatic N) is 2. The number of morpholine rings is 1. The van der Waals surface area contributed by atoms with Crippen LogP contribution in [0.4, 0.5) is 0 Å². The quantitative estimate of drug-likeness (QED) is 0.824. The highest BCUT2D eigenvalue weighted by Gasteiger charge is 2.27. The Balaban J connectivity index is 1.85. The summed E-state index contributed by atoms with van der Waals surface area (Å²) in [5, 5.41) is 8.81. The molecule has 1 atom stereocenters. The van der Waals surface area contributed by atoms with Crippen molar-refractivity contribution in [3.63, 3.8) is 0 Å². The van der Waals surface area contributed by atoms with E-state index in [1.165, 1.54) is 0 Å². The van der Waals surface area contributed by atoms with E-state index in [4.69, 9.17) is 20.5 Å². The first kappa shape index (κ1) is 14.3. The predicted octanol–water partition coefficient (Wildman–Crippen LogP) is 0.123. The lowest BCUT2D eigenvalue weighted by Crippen LogP contribution is -2.53. The second-order valence-electron chi connectivity index (χ2n) is 4.52. The number of nitrogens with two attached hydrogens (primary N) is 1. The summed E-state index contributed by atoms with van der Waals surface area (Å²) in [6, 6.07) is 8.65. The number of carbonyl (C=O) groups excluding carboxylic acids is 1. The third-order valence-corrected chi connectivity index (χ3v) is 3.18. The van der Waals surface area contributed by atoms with Crippen molar-refractivity contribution < 1.29 is 14.3 Å². The van der Waals surface area contributed by atoms with Crippen molar-refractivity contribution in [2.45, 2.75) is 6.04 Å². The molecule has 1 fully saturated rings. The van der Waals surface area contributed by atoms with Crippen LogP contribution in [0.25, 0.3) is 0 Å². The summed E-state index contributed by atoms with van der Waals surface area (Å²) in [4.78, 5) is 13.3. The number of hydrogen-bond acceptors (Lipinski definition) is 5. The van der Waals surface area contributed by atoms with Gasteiger partial charge in [0, 0.05) is 13.1 Å². The molecule has 0 saturated carbocycles. The van der Waals surface area contributed by atoms with Gasteiger partial charge in [-0.25, -0.2) is 0 Å². The maximum atomic E-state index is 11.3. The molecule has 1 saturated heterocycles. The standard InChI is InChI=1S/C14H17N3O3/c15-9-11-2-1-3-12(8-11)20-7-5-17-4-6-19-10-13(17)14(16)18/h1-3,8,13H,4-7,10H2,(H2,16,18). The summed E-state index contributed by atoms with van der Waals surface area (Å²) in [5.74, 6) is 0.268. The molecule has 1 aliphatic heterocycles. The van der Waals surface area contributed by atoms with Gasteiger partial charge in [0.15, 0.2) is 0 Å². The molecule has 0 aromatic heterocycles. The van der Waals surface area contributed by atoms with E-state index < -0.39 is 6.04 Å². The summed E-state index contributed by atoms with van der Waals surface area (Å²) in [6.07, 6.45) is 0. The third-order valence-electron chi connectivity index (χ3n) is 3.18. The van der Waals surface area contributed by atoms with E-state index in [0.29, 0.717) is 44.2 Å². The molecule has 0 radical (unpaired) electrons. The van der Waals surface area contributed by atoms with E-state index in [-0.39, 0.29) is 5.91 Å². The lowest BCUT2D eigenvalue weighted by molar-refractivity contribution is -0.129. The highest BCUT2D eigenvalue weighted by atomic mass is 16.5. The van der Waals surface area contributed by atoms with Crippen LogP contribution in [0.5, 0.6) is 5.75 Å². The average Bonchev–Trinajstić information content (AvgIpc) is 2.48. The van der Waals surface area contributed by atoms with E-state index in [9.17, 15) is 4.79 Å². The Kier molecular flexibility index (Phi) is 4.93. The minimum Gasteiger partial charge on any atom is -0.492 e. The summed E-state index contributed by atoms with van der Waals surface area (Å²) in [6.45, 7) is 2.61. The molecule has 106 valence electrons. The monoisotopic (exact) mass is 275 g/mol. The number of primary amides is 1. The van der Waals surface area contributed by atoms with Crippen LogP contribution in [0.15, 0.2) is 24.3 Å². The van der Waals surface area contributed by atoms with Crippen LogP contribution in [-0.4, -0.2) is 49.8 Å². The summed E-state index contributed by atoms with van der Waals surface area (Å²) < 4.78 is 10.8. The van der Waals surface area contributed by atoms with Crippen LogP contribution < -0.4 is 10.5 Å². The van der Waals surface area contributed by atoms with Gasteiger partial charge in [0.05, 0.1) is 24.8 Å². The average molecular weight is 275 g/mol. The Labute approximate surface area is 117 Å². The van der Waals surface area contributed by atoms with E-state index in [1.54, 1.807) is 24.3 Å². The Morgan fingerprint density at radius 2 is 2.45 bits per heavy atom. The lowest BCUT2D eigenvalue weighted by atomic mass is 10.2. The van der Waals surface area contributed by atoms with Gasteiger partial charge in [-0.3, -0.25) is 9.69 Å².